The fourth-order valence-corrected chi connectivity index (χ4v) is 3.27. The minimum atomic E-state index is -0.270. The van der Waals surface area contributed by atoms with Crippen molar-refractivity contribution in [2.24, 2.45) is 7.05 Å². The van der Waals surface area contributed by atoms with E-state index < -0.39 is 0 Å². The Bertz CT molecular complexity index is 806. The van der Waals surface area contributed by atoms with Crippen LogP contribution in [0.1, 0.15) is 18.9 Å². The molecular weight excluding hydrogens is 272 g/mol. The summed E-state index contributed by atoms with van der Waals surface area (Å²) in [6, 6.07) is 5.34. The fourth-order valence-electron chi connectivity index (χ4n) is 3.27. The highest BCUT2D eigenvalue weighted by Crippen LogP contribution is 2.37. The van der Waals surface area contributed by atoms with Crippen LogP contribution in [0.2, 0.25) is 0 Å². The van der Waals surface area contributed by atoms with Gasteiger partial charge in [0.2, 0.25) is 5.91 Å². The molecule has 2 aliphatic rings. The molecule has 2 saturated heterocycles. The zero-order chi connectivity index (χ0) is 14.7. The maximum Gasteiger partial charge on any atom is 0.329 e. The number of fused-ring (bicyclic) bond motifs is 2. The molecule has 110 valence electrons. The molecule has 3 N–H and O–H groups in total. The first-order chi connectivity index (χ1) is 10.1. The van der Waals surface area contributed by atoms with E-state index in [0.29, 0.717) is 18.5 Å². The normalized spacial score (nSPS) is 28.0. The van der Waals surface area contributed by atoms with Crippen LogP contribution in [0.5, 0.6) is 0 Å². The number of benzene rings is 1. The number of carbonyl (C=O) groups is 1. The Balaban J connectivity index is 1.91. The number of aromatic nitrogens is 2. The first kappa shape index (κ1) is 12.5. The molecule has 2 aliphatic heterocycles. The summed E-state index contributed by atoms with van der Waals surface area (Å²) in [5, 5.41) is 2.79. The molecule has 3 atom stereocenters. The standard InChI is InChI=1S/C14H16N4O3/c1-17-11-7(15)3-2-4-8(11)18(14(17)20)9-5-6-10(19)16-13-12(9)21-13/h2-4,9,12-13H,5-6,15H2,1H3,(H,16,19). The molecule has 1 aromatic carbocycles. The number of rotatable bonds is 1. The number of amides is 1. The van der Waals surface area contributed by atoms with Gasteiger partial charge in [-0.2, -0.15) is 0 Å². The van der Waals surface area contributed by atoms with Gasteiger partial charge in [0.1, 0.15) is 6.10 Å². The van der Waals surface area contributed by atoms with E-state index in [0.717, 1.165) is 11.0 Å². The minimum Gasteiger partial charge on any atom is -0.397 e. The number of aryl methyl sites for hydroxylation is 1. The summed E-state index contributed by atoms with van der Waals surface area (Å²) >= 11 is 0. The number of nitrogens with two attached hydrogens (primary N) is 1. The highest BCUT2D eigenvalue weighted by Gasteiger charge is 2.49. The van der Waals surface area contributed by atoms with Gasteiger partial charge in [-0.25, -0.2) is 4.79 Å². The quantitative estimate of drug-likeness (QED) is 0.574. The van der Waals surface area contributed by atoms with Gasteiger partial charge in [0.25, 0.3) is 0 Å². The van der Waals surface area contributed by atoms with Gasteiger partial charge in [-0.1, -0.05) is 6.07 Å². The second kappa shape index (κ2) is 4.11. The number of imidazole rings is 1. The predicted molar refractivity (Wildman–Crippen MR) is 76.7 cm³/mol. The van der Waals surface area contributed by atoms with Crippen LogP contribution in [0.3, 0.4) is 0 Å². The number of para-hydroxylation sites is 1. The van der Waals surface area contributed by atoms with Crippen LogP contribution in [-0.2, 0) is 16.6 Å². The number of nitrogens with one attached hydrogen (secondary N) is 1. The number of nitrogen functional groups attached to an aromatic ring is 1. The summed E-state index contributed by atoms with van der Waals surface area (Å²) < 4.78 is 8.78. The third-order valence-corrected chi connectivity index (χ3v) is 4.34. The molecule has 0 spiro atoms. The van der Waals surface area contributed by atoms with E-state index in [1.165, 1.54) is 0 Å². The molecular formula is C14H16N4O3. The number of ether oxygens (including phenoxy) is 1. The smallest absolute Gasteiger partial charge is 0.329 e. The topological polar surface area (TPSA) is 94.6 Å². The van der Waals surface area contributed by atoms with Crippen LogP contribution in [0.15, 0.2) is 23.0 Å². The average molecular weight is 288 g/mol. The number of hydrogen-bond donors (Lipinski definition) is 2. The number of epoxide rings is 1. The van der Waals surface area contributed by atoms with E-state index in [1.54, 1.807) is 22.2 Å². The number of carbonyl (C=O) groups excluding carboxylic acids is 1. The summed E-state index contributed by atoms with van der Waals surface area (Å²) in [5.41, 5.74) is 7.95. The van der Waals surface area contributed by atoms with Crippen molar-refractivity contribution in [3.8, 4) is 0 Å². The van der Waals surface area contributed by atoms with Gasteiger partial charge in [0, 0.05) is 13.5 Å². The summed E-state index contributed by atoms with van der Waals surface area (Å²) in [6.45, 7) is 0. The van der Waals surface area contributed by atoms with Crippen LogP contribution >= 0.6 is 0 Å². The van der Waals surface area contributed by atoms with E-state index in [1.807, 2.05) is 12.1 Å². The van der Waals surface area contributed by atoms with Crippen molar-refractivity contribution in [2.45, 2.75) is 31.2 Å². The highest BCUT2D eigenvalue weighted by atomic mass is 16.6. The van der Waals surface area contributed by atoms with Crippen LogP contribution in [0.25, 0.3) is 11.0 Å². The zero-order valence-electron chi connectivity index (χ0n) is 11.6. The maximum atomic E-state index is 12.6. The lowest BCUT2D eigenvalue weighted by atomic mass is 10.1. The average Bonchev–Trinajstić information content (AvgIpc) is 3.16. The highest BCUT2D eigenvalue weighted by molar-refractivity contribution is 5.88. The van der Waals surface area contributed by atoms with Crippen LogP contribution in [0, 0.1) is 0 Å². The van der Waals surface area contributed by atoms with E-state index in [4.69, 9.17) is 10.5 Å². The first-order valence-corrected chi connectivity index (χ1v) is 6.98. The van der Waals surface area contributed by atoms with Crippen LogP contribution < -0.4 is 16.7 Å². The van der Waals surface area contributed by atoms with Gasteiger partial charge in [0.15, 0.2) is 6.23 Å². The SMILES string of the molecule is Cn1c(=O)n(C2CCC(=O)NC3OC32)c2cccc(N)c21. The molecule has 2 fully saturated rings. The van der Waals surface area contributed by atoms with Gasteiger partial charge in [-0.05, 0) is 18.6 Å². The Morgan fingerprint density at radius 2 is 2.19 bits per heavy atom. The van der Waals surface area contributed by atoms with Crippen molar-refractivity contribution >= 4 is 22.6 Å². The molecule has 3 heterocycles. The molecule has 0 aliphatic carbocycles. The van der Waals surface area contributed by atoms with Gasteiger partial charge < -0.3 is 15.8 Å². The molecule has 2 aromatic rings. The van der Waals surface area contributed by atoms with Crippen LogP contribution in [0.4, 0.5) is 5.69 Å². The van der Waals surface area contributed by atoms with Crippen LogP contribution in [-0.4, -0.2) is 27.4 Å². The summed E-state index contributed by atoms with van der Waals surface area (Å²) in [7, 11) is 1.71. The van der Waals surface area contributed by atoms with Crippen molar-refractivity contribution in [3.63, 3.8) is 0 Å². The van der Waals surface area contributed by atoms with Crippen molar-refractivity contribution in [3.05, 3.63) is 28.7 Å². The first-order valence-electron chi connectivity index (χ1n) is 6.98. The summed E-state index contributed by atoms with van der Waals surface area (Å²) in [4.78, 5) is 24.2. The Kier molecular flexibility index (Phi) is 2.44. The summed E-state index contributed by atoms with van der Waals surface area (Å²) in [5.74, 6) is -0.0298. The van der Waals surface area contributed by atoms with Crippen molar-refractivity contribution in [1.29, 1.82) is 0 Å². The van der Waals surface area contributed by atoms with Gasteiger partial charge >= 0.3 is 5.69 Å². The molecule has 0 radical (unpaired) electrons. The lowest BCUT2D eigenvalue weighted by Crippen LogP contribution is -2.29. The molecule has 3 unspecified atom stereocenters. The Morgan fingerprint density at radius 1 is 1.38 bits per heavy atom. The Hall–Kier alpha value is -2.28. The second-order valence-electron chi connectivity index (χ2n) is 5.62. The minimum absolute atomic E-state index is 0.0298. The van der Waals surface area contributed by atoms with Crippen molar-refractivity contribution < 1.29 is 9.53 Å². The van der Waals surface area contributed by atoms with Crippen molar-refractivity contribution in [1.82, 2.24) is 14.5 Å². The summed E-state index contributed by atoms with van der Waals surface area (Å²) in [6.07, 6.45) is 0.571. The molecule has 4 rings (SSSR count). The van der Waals surface area contributed by atoms with E-state index in [9.17, 15) is 9.59 Å². The number of hydrogen-bond acceptors (Lipinski definition) is 4. The predicted octanol–water partition coefficient (Wildman–Crippen LogP) is 0.0982. The second-order valence-corrected chi connectivity index (χ2v) is 5.62. The van der Waals surface area contributed by atoms with E-state index in [-0.39, 0.29) is 30.0 Å². The molecule has 0 bridgehead atoms. The Morgan fingerprint density at radius 3 is 3.00 bits per heavy atom. The third-order valence-electron chi connectivity index (χ3n) is 4.34. The number of nitrogens with zero attached hydrogens (tertiary/aromatic N) is 2. The molecule has 1 aromatic heterocycles. The van der Waals surface area contributed by atoms with Gasteiger partial charge in [-0.15, -0.1) is 0 Å². The Labute approximate surface area is 120 Å². The van der Waals surface area contributed by atoms with Crippen molar-refractivity contribution in [2.75, 3.05) is 5.73 Å². The molecule has 7 nitrogen and oxygen atoms in total. The van der Waals surface area contributed by atoms with Gasteiger partial charge in [0.05, 0.1) is 22.8 Å². The number of anilines is 1. The molecule has 21 heavy (non-hydrogen) atoms. The van der Waals surface area contributed by atoms with Gasteiger partial charge in [-0.3, -0.25) is 13.9 Å². The fraction of sp³-hybridized carbons (Fsp3) is 0.429. The van der Waals surface area contributed by atoms with E-state index in [2.05, 4.69) is 5.32 Å². The lowest BCUT2D eigenvalue weighted by molar-refractivity contribution is -0.121. The van der Waals surface area contributed by atoms with E-state index >= 15 is 0 Å². The largest absolute Gasteiger partial charge is 0.397 e. The third kappa shape index (κ3) is 1.70. The zero-order valence-corrected chi connectivity index (χ0v) is 11.6. The molecule has 0 saturated carbocycles. The molecule has 1 amide bonds. The monoisotopic (exact) mass is 288 g/mol. The molecule has 7 heteroatoms. The lowest BCUT2D eigenvalue weighted by Gasteiger charge is -2.14. The maximum absolute atomic E-state index is 12.6.